The van der Waals surface area contributed by atoms with Crippen LogP contribution < -0.4 is 9.47 Å². The number of fused-ring (bicyclic) bond motifs is 1. The summed E-state index contributed by atoms with van der Waals surface area (Å²) >= 11 is 6.28. The third-order valence-electron chi connectivity index (χ3n) is 4.33. The zero-order valence-electron chi connectivity index (χ0n) is 15.7. The third-order valence-corrected chi connectivity index (χ3v) is 4.63. The Bertz CT molecular complexity index is 953. The van der Waals surface area contributed by atoms with Gasteiger partial charge in [0.25, 0.3) is 0 Å². The molecule has 0 fully saturated rings. The van der Waals surface area contributed by atoms with Gasteiger partial charge in [-0.25, -0.2) is 4.79 Å². The number of rotatable bonds is 5. The van der Waals surface area contributed by atoms with Gasteiger partial charge in [-0.2, -0.15) is 13.2 Å². The Morgan fingerprint density at radius 3 is 2.59 bits per heavy atom. The predicted molar refractivity (Wildman–Crippen MR) is 102 cm³/mol. The van der Waals surface area contributed by atoms with Gasteiger partial charge in [-0.15, -0.1) is 0 Å². The van der Waals surface area contributed by atoms with Gasteiger partial charge in [-0.3, -0.25) is 0 Å². The Balaban J connectivity index is 2.01. The Labute approximate surface area is 170 Å². The van der Waals surface area contributed by atoms with Gasteiger partial charge in [-0.05, 0) is 30.2 Å². The topological polar surface area (TPSA) is 44.8 Å². The van der Waals surface area contributed by atoms with Gasteiger partial charge in [-0.1, -0.05) is 43.1 Å². The van der Waals surface area contributed by atoms with Crippen molar-refractivity contribution < 1.29 is 32.2 Å². The predicted octanol–water partition coefficient (Wildman–Crippen LogP) is 5.96. The van der Waals surface area contributed by atoms with Crippen molar-refractivity contribution in [2.75, 3.05) is 7.11 Å². The van der Waals surface area contributed by atoms with Crippen LogP contribution in [0.1, 0.15) is 24.5 Å². The summed E-state index contributed by atoms with van der Waals surface area (Å²) < 4.78 is 55.7. The molecule has 154 valence electrons. The lowest BCUT2D eigenvalue weighted by molar-refractivity contribution is -0.187. The number of esters is 1. The van der Waals surface area contributed by atoms with Crippen molar-refractivity contribution in [3.8, 4) is 17.2 Å². The van der Waals surface area contributed by atoms with Crippen LogP contribution in [0.5, 0.6) is 17.2 Å². The van der Waals surface area contributed by atoms with E-state index in [-0.39, 0.29) is 22.1 Å². The molecule has 0 radical (unpaired) electrons. The van der Waals surface area contributed by atoms with Crippen LogP contribution in [-0.4, -0.2) is 25.4 Å². The number of alkyl halides is 3. The molecule has 8 heteroatoms. The maximum Gasteiger partial charge on any atom is 0.430 e. The van der Waals surface area contributed by atoms with Gasteiger partial charge in [0.1, 0.15) is 17.2 Å². The normalized spacial score (nSPS) is 15.8. The minimum atomic E-state index is -4.80. The van der Waals surface area contributed by atoms with E-state index in [9.17, 15) is 18.0 Å². The molecule has 0 bridgehead atoms. The molecule has 0 aromatic heterocycles. The highest BCUT2D eigenvalue weighted by molar-refractivity contribution is 6.32. The summed E-state index contributed by atoms with van der Waals surface area (Å²) in [7, 11) is 1.00. The fourth-order valence-corrected chi connectivity index (χ4v) is 3.21. The molecule has 1 aliphatic heterocycles. The standard InChI is InChI=1S/C21H18ClF3O4/c1-3-6-12-7-4-5-8-16(12)28-18-11-17-13(10-15(18)22)9-14(20(26)27-2)19(29-17)21(23,24)25/h4-5,7-11,19H,3,6H2,1-2H3. The molecule has 2 aromatic rings. The Morgan fingerprint density at radius 2 is 1.93 bits per heavy atom. The summed E-state index contributed by atoms with van der Waals surface area (Å²) in [5.74, 6) is -0.495. The van der Waals surface area contributed by atoms with E-state index in [1.54, 1.807) is 12.1 Å². The van der Waals surface area contributed by atoms with E-state index in [1.165, 1.54) is 12.1 Å². The zero-order chi connectivity index (χ0) is 21.2. The number of carbonyl (C=O) groups excluding carboxylic acids is 1. The van der Waals surface area contributed by atoms with E-state index in [0.717, 1.165) is 31.6 Å². The van der Waals surface area contributed by atoms with Crippen LogP contribution in [-0.2, 0) is 16.0 Å². The average molecular weight is 427 g/mol. The number of methoxy groups -OCH3 is 1. The van der Waals surface area contributed by atoms with Gasteiger partial charge in [0, 0.05) is 11.6 Å². The minimum Gasteiger partial charge on any atom is -0.475 e. The van der Waals surface area contributed by atoms with E-state index in [2.05, 4.69) is 4.74 Å². The Hall–Kier alpha value is -2.67. The van der Waals surface area contributed by atoms with Gasteiger partial charge >= 0.3 is 12.1 Å². The number of hydrogen-bond acceptors (Lipinski definition) is 4. The monoisotopic (exact) mass is 426 g/mol. The number of aryl methyl sites for hydroxylation is 1. The Morgan fingerprint density at radius 1 is 1.21 bits per heavy atom. The summed E-state index contributed by atoms with van der Waals surface area (Å²) in [5, 5.41) is 0.171. The van der Waals surface area contributed by atoms with Crippen LogP contribution in [0.4, 0.5) is 13.2 Å². The quantitative estimate of drug-likeness (QED) is 0.553. The molecular weight excluding hydrogens is 409 g/mol. The average Bonchev–Trinajstić information content (AvgIpc) is 2.68. The number of carbonyl (C=O) groups is 1. The first-order valence-corrected chi connectivity index (χ1v) is 9.25. The van der Waals surface area contributed by atoms with Gasteiger partial charge in [0.15, 0.2) is 0 Å². The summed E-state index contributed by atoms with van der Waals surface area (Å²) in [6.07, 6.45) is -4.49. The summed E-state index contributed by atoms with van der Waals surface area (Å²) in [5.41, 5.74) is 0.529. The number of para-hydroxylation sites is 1. The molecule has 0 spiro atoms. The lowest BCUT2D eigenvalue weighted by Gasteiger charge is -2.28. The van der Waals surface area contributed by atoms with Crippen LogP contribution in [0.15, 0.2) is 42.0 Å². The molecule has 1 unspecified atom stereocenters. The SMILES string of the molecule is CCCc1ccccc1Oc1cc2c(cc1Cl)C=C(C(=O)OC)C(C(F)(F)F)O2. The molecule has 0 amide bonds. The molecule has 4 nitrogen and oxygen atoms in total. The van der Waals surface area contributed by atoms with Crippen molar-refractivity contribution in [2.45, 2.75) is 32.0 Å². The summed E-state index contributed by atoms with van der Waals surface area (Å²) in [6, 6.07) is 10.0. The first kappa shape index (κ1) is 21.0. The van der Waals surface area contributed by atoms with Crippen LogP contribution in [0, 0.1) is 0 Å². The van der Waals surface area contributed by atoms with Gasteiger partial charge in [0.05, 0.1) is 17.7 Å². The van der Waals surface area contributed by atoms with Crippen molar-refractivity contribution in [3.63, 3.8) is 0 Å². The van der Waals surface area contributed by atoms with Crippen molar-refractivity contribution in [1.29, 1.82) is 0 Å². The van der Waals surface area contributed by atoms with E-state index >= 15 is 0 Å². The molecule has 29 heavy (non-hydrogen) atoms. The molecule has 0 saturated heterocycles. The number of halogens is 4. The molecule has 1 atom stereocenters. The molecule has 0 aliphatic carbocycles. The first-order chi connectivity index (χ1) is 13.7. The molecule has 3 rings (SSSR count). The van der Waals surface area contributed by atoms with Crippen molar-refractivity contribution in [1.82, 2.24) is 0 Å². The van der Waals surface area contributed by atoms with Crippen molar-refractivity contribution in [3.05, 3.63) is 58.1 Å². The Kier molecular flexibility index (Phi) is 6.07. The fraction of sp³-hybridized carbons (Fsp3) is 0.286. The van der Waals surface area contributed by atoms with Crippen molar-refractivity contribution in [2.24, 2.45) is 0 Å². The maximum absolute atomic E-state index is 13.4. The van der Waals surface area contributed by atoms with E-state index < -0.39 is 23.8 Å². The summed E-state index contributed by atoms with van der Waals surface area (Å²) in [4.78, 5) is 11.8. The molecule has 0 N–H and O–H groups in total. The highest BCUT2D eigenvalue weighted by atomic mass is 35.5. The van der Waals surface area contributed by atoms with Crippen molar-refractivity contribution >= 4 is 23.6 Å². The lowest BCUT2D eigenvalue weighted by atomic mass is 10.0. The van der Waals surface area contributed by atoms with E-state index in [4.69, 9.17) is 21.1 Å². The smallest absolute Gasteiger partial charge is 0.430 e. The lowest BCUT2D eigenvalue weighted by Crippen LogP contribution is -2.40. The molecule has 1 heterocycles. The summed E-state index contributed by atoms with van der Waals surface area (Å²) in [6.45, 7) is 2.03. The van der Waals surface area contributed by atoms with Gasteiger partial charge < -0.3 is 14.2 Å². The van der Waals surface area contributed by atoms with Crippen LogP contribution in [0.25, 0.3) is 6.08 Å². The van der Waals surface area contributed by atoms with Gasteiger partial charge in [0.2, 0.25) is 6.10 Å². The largest absolute Gasteiger partial charge is 0.475 e. The van der Waals surface area contributed by atoms with E-state index in [0.29, 0.717) is 5.75 Å². The highest BCUT2D eigenvalue weighted by Crippen LogP contribution is 2.43. The van der Waals surface area contributed by atoms with Crippen LogP contribution >= 0.6 is 11.6 Å². The number of hydrogen-bond donors (Lipinski definition) is 0. The maximum atomic E-state index is 13.4. The first-order valence-electron chi connectivity index (χ1n) is 8.87. The second-order valence-electron chi connectivity index (χ2n) is 6.41. The fourth-order valence-electron chi connectivity index (χ4n) is 3.00. The molecular formula is C21H18ClF3O4. The van der Waals surface area contributed by atoms with E-state index in [1.807, 2.05) is 19.1 Å². The van der Waals surface area contributed by atoms with Crippen LogP contribution in [0.2, 0.25) is 5.02 Å². The second kappa shape index (κ2) is 8.37. The molecule has 1 aliphatic rings. The third kappa shape index (κ3) is 4.50. The minimum absolute atomic E-state index is 0.0904. The highest BCUT2D eigenvalue weighted by Gasteiger charge is 2.48. The van der Waals surface area contributed by atoms with Crippen LogP contribution in [0.3, 0.4) is 0 Å². The number of benzene rings is 2. The molecule has 2 aromatic carbocycles. The second-order valence-corrected chi connectivity index (χ2v) is 6.82. The number of ether oxygens (including phenoxy) is 3. The molecule has 0 saturated carbocycles. The zero-order valence-corrected chi connectivity index (χ0v) is 16.4.